The van der Waals surface area contributed by atoms with Gasteiger partial charge in [0.05, 0.1) is 6.42 Å². The normalized spacial score (nSPS) is 31.0. The summed E-state index contributed by atoms with van der Waals surface area (Å²) in [5, 5.41) is 0. The van der Waals surface area contributed by atoms with Crippen molar-refractivity contribution in [1.82, 2.24) is 9.80 Å². The van der Waals surface area contributed by atoms with E-state index in [-0.39, 0.29) is 12.6 Å². The Morgan fingerprint density at radius 3 is 2.56 bits per heavy atom. The van der Waals surface area contributed by atoms with Crippen LogP contribution in [0.2, 0.25) is 0 Å². The number of alkyl halides is 3. The van der Waals surface area contributed by atoms with Crippen LogP contribution in [0.3, 0.4) is 0 Å². The molecule has 2 aliphatic heterocycles. The van der Waals surface area contributed by atoms with Gasteiger partial charge in [0, 0.05) is 31.7 Å². The molecule has 2 nitrogen and oxygen atoms in total. The van der Waals surface area contributed by atoms with Crippen molar-refractivity contribution in [3.05, 3.63) is 0 Å². The Morgan fingerprint density at radius 1 is 1.22 bits per heavy atom. The number of rotatable bonds is 3. The van der Waals surface area contributed by atoms with E-state index in [0.717, 1.165) is 26.1 Å². The Balaban J connectivity index is 1.96. The molecule has 2 saturated heterocycles. The maximum atomic E-state index is 12.4. The molecule has 2 unspecified atom stereocenters. The van der Waals surface area contributed by atoms with Gasteiger partial charge in [0.1, 0.15) is 0 Å². The Bertz CT molecular complexity index is 278. The Labute approximate surface area is 107 Å². The first-order valence-electron chi connectivity index (χ1n) is 6.91. The first kappa shape index (κ1) is 14.1. The largest absolute Gasteiger partial charge is 0.390 e. The maximum absolute atomic E-state index is 12.4. The van der Waals surface area contributed by atoms with Crippen molar-refractivity contribution >= 4 is 0 Å². The molecule has 0 aliphatic carbocycles. The lowest BCUT2D eigenvalue weighted by molar-refractivity contribution is -0.142. The van der Waals surface area contributed by atoms with Crippen LogP contribution in [0.25, 0.3) is 0 Å². The Kier molecular flexibility index (Phi) is 4.22. The van der Waals surface area contributed by atoms with E-state index in [4.69, 9.17) is 0 Å². The van der Waals surface area contributed by atoms with E-state index in [9.17, 15) is 13.2 Å². The molecule has 0 radical (unpaired) electrons. The quantitative estimate of drug-likeness (QED) is 0.773. The fraction of sp³-hybridized carbons (Fsp3) is 1.00. The Hall–Kier alpha value is -0.290. The van der Waals surface area contributed by atoms with E-state index < -0.39 is 12.6 Å². The summed E-state index contributed by atoms with van der Waals surface area (Å²) >= 11 is 0. The molecule has 0 N–H and O–H groups in total. The third-order valence-corrected chi connectivity index (χ3v) is 4.29. The summed E-state index contributed by atoms with van der Waals surface area (Å²) in [6.07, 6.45) is -2.37. The third-order valence-electron chi connectivity index (χ3n) is 4.29. The molecule has 2 rings (SSSR count). The first-order chi connectivity index (χ1) is 8.37. The second kappa shape index (κ2) is 5.37. The van der Waals surface area contributed by atoms with E-state index in [1.807, 2.05) is 0 Å². The fourth-order valence-corrected chi connectivity index (χ4v) is 3.26. The van der Waals surface area contributed by atoms with Gasteiger partial charge in [0.15, 0.2) is 0 Å². The number of hydrogen-bond donors (Lipinski definition) is 0. The van der Waals surface area contributed by atoms with Gasteiger partial charge in [-0.15, -0.1) is 0 Å². The monoisotopic (exact) mass is 264 g/mol. The molecule has 0 aromatic heterocycles. The maximum Gasteiger partial charge on any atom is 0.390 e. The minimum absolute atomic E-state index is 0.163. The van der Waals surface area contributed by atoms with Crippen molar-refractivity contribution in [1.29, 1.82) is 0 Å². The van der Waals surface area contributed by atoms with Gasteiger partial charge < -0.3 is 0 Å². The molecular formula is C13H23F3N2. The average molecular weight is 264 g/mol. The zero-order valence-electron chi connectivity index (χ0n) is 11.2. The van der Waals surface area contributed by atoms with Gasteiger partial charge >= 0.3 is 6.18 Å². The molecule has 0 spiro atoms. The van der Waals surface area contributed by atoms with Crippen LogP contribution >= 0.6 is 0 Å². The van der Waals surface area contributed by atoms with E-state index >= 15 is 0 Å². The zero-order valence-corrected chi connectivity index (χ0v) is 11.2. The lowest BCUT2D eigenvalue weighted by Gasteiger charge is -2.45. The topological polar surface area (TPSA) is 6.48 Å². The first-order valence-corrected chi connectivity index (χ1v) is 6.91. The lowest BCUT2D eigenvalue weighted by Crippen LogP contribution is -2.58. The van der Waals surface area contributed by atoms with E-state index in [0.29, 0.717) is 12.0 Å². The Morgan fingerprint density at radius 2 is 1.94 bits per heavy atom. The number of nitrogens with zero attached hydrogens (tertiary/aromatic N) is 2. The van der Waals surface area contributed by atoms with E-state index in [1.54, 1.807) is 0 Å². The smallest absolute Gasteiger partial charge is 0.298 e. The second-order valence-electron chi connectivity index (χ2n) is 5.96. The average Bonchev–Trinajstić information content (AvgIpc) is 2.70. The number of piperazine rings is 1. The zero-order chi connectivity index (χ0) is 13.3. The predicted molar refractivity (Wildman–Crippen MR) is 65.5 cm³/mol. The van der Waals surface area contributed by atoms with Gasteiger partial charge in [-0.2, -0.15) is 13.2 Å². The number of fused-ring (bicyclic) bond motifs is 1. The fourth-order valence-electron chi connectivity index (χ4n) is 3.26. The van der Waals surface area contributed by atoms with Crippen LogP contribution in [-0.2, 0) is 0 Å². The van der Waals surface area contributed by atoms with Crippen molar-refractivity contribution in [2.75, 3.05) is 26.2 Å². The SMILES string of the molecule is CC(C)C1CN2CCCC2CN1CCC(F)(F)F. The van der Waals surface area contributed by atoms with Crippen LogP contribution < -0.4 is 0 Å². The van der Waals surface area contributed by atoms with Crippen LogP contribution in [0.1, 0.15) is 33.1 Å². The second-order valence-corrected chi connectivity index (χ2v) is 5.96. The van der Waals surface area contributed by atoms with Gasteiger partial charge in [-0.05, 0) is 25.3 Å². The van der Waals surface area contributed by atoms with Crippen molar-refractivity contribution < 1.29 is 13.2 Å². The predicted octanol–water partition coefficient (Wildman–Crippen LogP) is 2.74. The highest BCUT2D eigenvalue weighted by molar-refractivity contribution is 4.93. The summed E-state index contributed by atoms with van der Waals surface area (Å²) in [5.41, 5.74) is 0. The molecule has 2 atom stereocenters. The molecule has 2 heterocycles. The van der Waals surface area contributed by atoms with Crippen LogP contribution in [-0.4, -0.2) is 54.2 Å². The van der Waals surface area contributed by atoms with Crippen molar-refractivity contribution in [3.8, 4) is 0 Å². The van der Waals surface area contributed by atoms with Gasteiger partial charge in [-0.1, -0.05) is 13.8 Å². The van der Waals surface area contributed by atoms with E-state index in [1.165, 1.54) is 6.42 Å². The molecule has 0 amide bonds. The standard InChI is InChI=1S/C13H23F3N2/c1-10(2)12-9-17-6-3-4-11(17)8-18(12)7-5-13(14,15)16/h10-12H,3-9H2,1-2H3. The lowest BCUT2D eigenvalue weighted by atomic mass is 9.97. The molecule has 0 aromatic carbocycles. The van der Waals surface area contributed by atoms with Crippen molar-refractivity contribution in [2.24, 2.45) is 5.92 Å². The number of halogens is 3. The highest BCUT2D eigenvalue weighted by Gasteiger charge is 2.38. The van der Waals surface area contributed by atoms with Crippen LogP contribution in [0.15, 0.2) is 0 Å². The minimum atomic E-state index is -4.03. The summed E-state index contributed by atoms with van der Waals surface area (Å²) in [6, 6.07) is 0.773. The molecule has 18 heavy (non-hydrogen) atoms. The van der Waals surface area contributed by atoms with Gasteiger partial charge in [-0.25, -0.2) is 0 Å². The molecule has 0 aromatic rings. The molecule has 0 bridgehead atoms. The summed E-state index contributed by atoms with van der Waals surface area (Å²) in [7, 11) is 0. The van der Waals surface area contributed by atoms with Gasteiger partial charge in [0.2, 0.25) is 0 Å². The van der Waals surface area contributed by atoms with Crippen LogP contribution in [0.5, 0.6) is 0 Å². The van der Waals surface area contributed by atoms with Crippen molar-refractivity contribution in [3.63, 3.8) is 0 Å². The van der Waals surface area contributed by atoms with Gasteiger partial charge in [-0.3, -0.25) is 9.80 Å². The molecule has 0 saturated carbocycles. The summed E-state index contributed by atoms with van der Waals surface area (Å²) in [6.45, 7) is 7.28. The molecule has 106 valence electrons. The summed E-state index contributed by atoms with van der Waals surface area (Å²) in [4.78, 5) is 4.54. The molecule has 5 heteroatoms. The third kappa shape index (κ3) is 3.38. The molecule has 2 fully saturated rings. The van der Waals surface area contributed by atoms with Crippen molar-refractivity contribution in [2.45, 2.75) is 51.4 Å². The number of hydrogen-bond acceptors (Lipinski definition) is 2. The van der Waals surface area contributed by atoms with Gasteiger partial charge in [0.25, 0.3) is 0 Å². The molecular weight excluding hydrogens is 241 g/mol. The van der Waals surface area contributed by atoms with Crippen LogP contribution in [0.4, 0.5) is 13.2 Å². The van der Waals surface area contributed by atoms with Crippen LogP contribution in [0, 0.1) is 5.92 Å². The minimum Gasteiger partial charge on any atom is -0.298 e. The molecule has 2 aliphatic rings. The summed E-state index contributed by atoms with van der Waals surface area (Å²) in [5.74, 6) is 0.416. The van der Waals surface area contributed by atoms with E-state index in [2.05, 4.69) is 23.6 Å². The highest BCUT2D eigenvalue weighted by atomic mass is 19.4. The summed E-state index contributed by atoms with van der Waals surface area (Å²) < 4.78 is 37.1. The highest BCUT2D eigenvalue weighted by Crippen LogP contribution is 2.29.